The highest BCUT2D eigenvalue weighted by molar-refractivity contribution is 5.17. The summed E-state index contributed by atoms with van der Waals surface area (Å²) in [6.45, 7) is 2.86. The first kappa shape index (κ1) is 10.8. The molecule has 0 aliphatic heterocycles. The zero-order chi connectivity index (χ0) is 11.4. The zero-order valence-corrected chi connectivity index (χ0v) is 9.23. The molecule has 0 spiro atoms. The van der Waals surface area contributed by atoms with Crippen molar-refractivity contribution in [3.8, 4) is 0 Å². The van der Waals surface area contributed by atoms with Crippen LogP contribution in [0.2, 0.25) is 0 Å². The van der Waals surface area contributed by atoms with E-state index >= 15 is 0 Å². The minimum Gasteiger partial charge on any atom is -0.253 e. The molecule has 1 aromatic carbocycles. The highest BCUT2D eigenvalue weighted by Crippen LogP contribution is 2.06. The van der Waals surface area contributed by atoms with Crippen molar-refractivity contribution in [2.24, 2.45) is 0 Å². The predicted octanol–water partition coefficient (Wildman–Crippen LogP) is 2.22. The molecule has 0 saturated carbocycles. The smallest absolute Gasteiger partial charge is 0.123 e. The van der Waals surface area contributed by atoms with Gasteiger partial charge in [0.25, 0.3) is 0 Å². The highest BCUT2D eigenvalue weighted by Gasteiger charge is 2.00. The van der Waals surface area contributed by atoms with Gasteiger partial charge in [-0.1, -0.05) is 17.3 Å². The molecule has 84 valence electrons. The van der Waals surface area contributed by atoms with Crippen molar-refractivity contribution in [1.82, 2.24) is 15.0 Å². The van der Waals surface area contributed by atoms with Crippen LogP contribution in [0.1, 0.15) is 18.2 Å². The lowest BCUT2D eigenvalue weighted by Crippen LogP contribution is -1.93. The quantitative estimate of drug-likeness (QED) is 0.789. The second-order valence-electron chi connectivity index (χ2n) is 3.69. The number of aryl methyl sites for hydroxylation is 3. The Kier molecular flexibility index (Phi) is 3.29. The summed E-state index contributed by atoms with van der Waals surface area (Å²) in [5, 5.41) is 8.03. The largest absolute Gasteiger partial charge is 0.253 e. The third-order valence-electron chi connectivity index (χ3n) is 2.49. The third-order valence-corrected chi connectivity index (χ3v) is 2.49. The van der Waals surface area contributed by atoms with Crippen LogP contribution in [0.5, 0.6) is 0 Å². The van der Waals surface area contributed by atoms with E-state index in [2.05, 4.69) is 10.3 Å². The summed E-state index contributed by atoms with van der Waals surface area (Å²) in [7, 11) is 0. The van der Waals surface area contributed by atoms with Crippen LogP contribution in [-0.2, 0) is 19.4 Å². The van der Waals surface area contributed by atoms with Crippen LogP contribution in [0.15, 0.2) is 30.5 Å². The molecule has 0 N–H and O–H groups in total. The Balaban J connectivity index is 1.94. The molecule has 0 amide bonds. The molecular weight excluding hydrogens is 205 g/mol. The van der Waals surface area contributed by atoms with Gasteiger partial charge in [0.15, 0.2) is 0 Å². The molecule has 0 aliphatic carbocycles. The van der Waals surface area contributed by atoms with E-state index in [1.165, 1.54) is 12.1 Å². The van der Waals surface area contributed by atoms with E-state index in [4.69, 9.17) is 0 Å². The lowest BCUT2D eigenvalue weighted by molar-refractivity contribution is 0.626. The van der Waals surface area contributed by atoms with Crippen LogP contribution < -0.4 is 0 Å². The monoisotopic (exact) mass is 219 g/mol. The molecular formula is C12H14FN3. The van der Waals surface area contributed by atoms with Gasteiger partial charge in [0, 0.05) is 12.7 Å². The molecule has 3 nitrogen and oxygen atoms in total. The predicted molar refractivity (Wildman–Crippen MR) is 59.5 cm³/mol. The van der Waals surface area contributed by atoms with Gasteiger partial charge in [0.05, 0.1) is 5.69 Å². The Morgan fingerprint density at radius 1 is 1.19 bits per heavy atom. The van der Waals surface area contributed by atoms with Crippen molar-refractivity contribution in [2.45, 2.75) is 26.3 Å². The van der Waals surface area contributed by atoms with Gasteiger partial charge in [-0.15, -0.1) is 5.10 Å². The average Bonchev–Trinajstić information content (AvgIpc) is 2.76. The van der Waals surface area contributed by atoms with Crippen LogP contribution >= 0.6 is 0 Å². The van der Waals surface area contributed by atoms with Gasteiger partial charge in [0.1, 0.15) is 5.82 Å². The van der Waals surface area contributed by atoms with Gasteiger partial charge in [-0.3, -0.25) is 4.68 Å². The molecule has 2 aromatic rings. The fraction of sp³-hybridized carbons (Fsp3) is 0.333. The minimum absolute atomic E-state index is 0.194. The van der Waals surface area contributed by atoms with Crippen LogP contribution in [0.3, 0.4) is 0 Å². The Hall–Kier alpha value is -1.71. The van der Waals surface area contributed by atoms with Crippen molar-refractivity contribution >= 4 is 0 Å². The number of hydrogen-bond donors (Lipinski definition) is 0. The Bertz CT molecular complexity index is 448. The molecule has 0 saturated heterocycles. The minimum atomic E-state index is -0.194. The van der Waals surface area contributed by atoms with Gasteiger partial charge in [-0.25, -0.2) is 4.39 Å². The second kappa shape index (κ2) is 4.88. The maximum atomic E-state index is 12.7. The number of halogens is 1. The average molecular weight is 219 g/mol. The Morgan fingerprint density at radius 3 is 2.56 bits per heavy atom. The van der Waals surface area contributed by atoms with E-state index in [-0.39, 0.29) is 5.82 Å². The van der Waals surface area contributed by atoms with E-state index < -0.39 is 0 Å². The normalized spacial score (nSPS) is 10.6. The number of hydrogen-bond acceptors (Lipinski definition) is 2. The second-order valence-corrected chi connectivity index (χ2v) is 3.69. The number of nitrogens with zero attached hydrogens (tertiary/aromatic N) is 3. The van der Waals surface area contributed by atoms with Crippen LogP contribution in [0.4, 0.5) is 4.39 Å². The van der Waals surface area contributed by atoms with E-state index in [9.17, 15) is 4.39 Å². The number of aromatic nitrogens is 3. The molecule has 0 unspecified atom stereocenters. The van der Waals surface area contributed by atoms with E-state index in [1.807, 2.05) is 13.1 Å². The van der Waals surface area contributed by atoms with E-state index in [0.717, 1.165) is 30.6 Å². The van der Waals surface area contributed by atoms with Gasteiger partial charge in [-0.2, -0.15) is 0 Å². The molecule has 0 radical (unpaired) electrons. The molecule has 1 heterocycles. The van der Waals surface area contributed by atoms with Crippen molar-refractivity contribution in [2.75, 3.05) is 0 Å². The van der Waals surface area contributed by atoms with Gasteiger partial charge in [0.2, 0.25) is 0 Å². The van der Waals surface area contributed by atoms with Crippen molar-refractivity contribution in [1.29, 1.82) is 0 Å². The van der Waals surface area contributed by atoms with Crippen molar-refractivity contribution in [3.63, 3.8) is 0 Å². The lowest BCUT2D eigenvalue weighted by Gasteiger charge is -1.98. The first-order valence-corrected chi connectivity index (χ1v) is 5.41. The fourth-order valence-electron chi connectivity index (χ4n) is 1.53. The van der Waals surface area contributed by atoms with Gasteiger partial charge < -0.3 is 0 Å². The molecule has 0 aliphatic rings. The van der Waals surface area contributed by atoms with Gasteiger partial charge in [-0.05, 0) is 37.5 Å². The first-order valence-electron chi connectivity index (χ1n) is 5.41. The maximum absolute atomic E-state index is 12.7. The van der Waals surface area contributed by atoms with E-state index in [0.29, 0.717) is 0 Å². The summed E-state index contributed by atoms with van der Waals surface area (Å²) in [6, 6.07) is 6.58. The third kappa shape index (κ3) is 2.66. The zero-order valence-electron chi connectivity index (χ0n) is 9.23. The van der Waals surface area contributed by atoms with Crippen LogP contribution in [0.25, 0.3) is 0 Å². The van der Waals surface area contributed by atoms with Gasteiger partial charge >= 0.3 is 0 Å². The molecule has 0 atom stereocenters. The molecule has 16 heavy (non-hydrogen) atoms. The highest BCUT2D eigenvalue weighted by atomic mass is 19.1. The molecule has 0 fully saturated rings. The Morgan fingerprint density at radius 2 is 1.94 bits per heavy atom. The fourth-order valence-corrected chi connectivity index (χ4v) is 1.53. The topological polar surface area (TPSA) is 30.7 Å². The summed E-state index contributed by atoms with van der Waals surface area (Å²) in [4.78, 5) is 0. The van der Waals surface area contributed by atoms with Crippen LogP contribution in [0, 0.1) is 5.82 Å². The SMILES string of the molecule is CCn1cc(CCc2ccc(F)cc2)nn1. The van der Waals surface area contributed by atoms with Crippen molar-refractivity contribution in [3.05, 3.63) is 47.5 Å². The van der Waals surface area contributed by atoms with Crippen molar-refractivity contribution < 1.29 is 4.39 Å². The maximum Gasteiger partial charge on any atom is 0.123 e. The van der Waals surface area contributed by atoms with Crippen LogP contribution in [-0.4, -0.2) is 15.0 Å². The molecule has 2 rings (SSSR count). The summed E-state index contributed by atoms with van der Waals surface area (Å²) < 4.78 is 14.5. The van der Waals surface area contributed by atoms with E-state index in [1.54, 1.807) is 16.8 Å². The summed E-state index contributed by atoms with van der Waals surface area (Å²) in [5.41, 5.74) is 2.10. The molecule has 4 heteroatoms. The molecule has 0 bridgehead atoms. The number of benzene rings is 1. The summed E-state index contributed by atoms with van der Waals surface area (Å²) in [6.07, 6.45) is 3.65. The standard InChI is InChI=1S/C12H14FN3/c1-2-16-9-12(14-15-16)8-5-10-3-6-11(13)7-4-10/h3-4,6-7,9H,2,5,8H2,1H3. The molecule has 1 aromatic heterocycles. The Labute approximate surface area is 93.9 Å². The first-order chi connectivity index (χ1) is 7.78. The summed E-state index contributed by atoms with van der Waals surface area (Å²) in [5.74, 6) is -0.194. The lowest BCUT2D eigenvalue weighted by atomic mass is 10.1. The number of rotatable bonds is 4. The summed E-state index contributed by atoms with van der Waals surface area (Å²) >= 11 is 0.